The molecule has 1 unspecified atom stereocenters. The van der Waals surface area contributed by atoms with Crippen molar-refractivity contribution in [3.8, 4) is 11.5 Å². The first-order chi connectivity index (χ1) is 10.6. The van der Waals surface area contributed by atoms with Crippen LogP contribution in [0.4, 0.5) is 0 Å². The van der Waals surface area contributed by atoms with Crippen LogP contribution >= 0.6 is 0 Å². The Labute approximate surface area is 133 Å². The van der Waals surface area contributed by atoms with Crippen LogP contribution in [0.5, 0.6) is 11.5 Å². The van der Waals surface area contributed by atoms with Crippen molar-refractivity contribution < 1.29 is 19.2 Å². The molecule has 3 atom stereocenters. The molecule has 0 saturated carbocycles. The molecule has 1 aliphatic heterocycles. The van der Waals surface area contributed by atoms with E-state index in [-0.39, 0.29) is 0 Å². The number of quaternary nitrogens is 1. The summed E-state index contributed by atoms with van der Waals surface area (Å²) in [6.07, 6.45) is 3.16. The number of ether oxygens (including phenoxy) is 2. The molecule has 1 fully saturated rings. The second kappa shape index (κ2) is 8.18. The molecule has 1 aliphatic rings. The zero-order valence-electron chi connectivity index (χ0n) is 13.9. The molecule has 0 spiro atoms. The molecule has 1 heterocycles. The number of piperidine rings is 1. The molecule has 0 amide bonds. The van der Waals surface area contributed by atoms with Gasteiger partial charge in [0.25, 0.3) is 0 Å². The Morgan fingerprint density at radius 3 is 2.64 bits per heavy atom. The maximum atomic E-state index is 11.1. The fourth-order valence-corrected chi connectivity index (χ4v) is 3.56. The number of benzene rings is 1. The lowest BCUT2D eigenvalue weighted by Crippen LogP contribution is -3.14. The summed E-state index contributed by atoms with van der Waals surface area (Å²) in [7, 11) is 1.59. The number of para-hydroxylation sites is 1. The number of hydrogen-bond acceptors (Lipinski definition) is 3. The maximum absolute atomic E-state index is 11.1. The predicted molar refractivity (Wildman–Crippen MR) is 87.0 cm³/mol. The number of nitrogens with one attached hydrogen (secondary N) is 1. The second-order valence-electron chi connectivity index (χ2n) is 6.55. The van der Waals surface area contributed by atoms with Gasteiger partial charge < -0.3 is 14.4 Å². The van der Waals surface area contributed by atoms with E-state index in [1.165, 1.54) is 19.5 Å². The first-order valence-corrected chi connectivity index (χ1v) is 8.22. The Balaban J connectivity index is 1.83. The zero-order valence-corrected chi connectivity index (χ0v) is 13.9. The summed E-state index contributed by atoms with van der Waals surface area (Å²) in [5, 5.41) is 0. The molecule has 0 bridgehead atoms. The van der Waals surface area contributed by atoms with E-state index in [1.807, 2.05) is 6.07 Å². The van der Waals surface area contributed by atoms with E-state index in [1.54, 1.807) is 24.1 Å². The molecule has 22 heavy (non-hydrogen) atoms. The van der Waals surface area contributed by atoms with Crippen LogP contribution in [0.25, 0.3) is 0 Å². The van der Waals surface area contributed by atoms with Gasteiger partial charge in [-0.25, -0.2) is 0 Å². The highest BCUT2D eigenvalue weighted by atomic mass is 16.5. The quantitative estimate of drug-likeness (QED) is 0.617. The van der Waals surface area contributed by atoms with E-state index >= 15 is 0 Å². The van der Waals surface area contributed by atoms with E-state index in [4.69, 9.17) is 9.47 Å². The van der Waals surface area contributed by atoms with Crippen molar-refractivity contribution in [2.24, 2.45) is 11.8 Å². The van der Waals surface area contributed by atoms with Crippen LogP contribution < -0.4 is 14.4 Å². The minimum Gasteiger partial charge on any atom is -0.493 e. The average Bonchev–Trinajstić information content (AvgIpc) is 2.50. The van der Waals surface area contributed by atoms with Crippen molar-refractivity contribution >= 4 is 6.29 Å². The maximum Gasteiger partial charge on any atom is 0.171 e. The third kappa shape index (κ3) is 4.47. The fraction of sp³-hybridized carbons (Fsp3) is 0.611. The van der Waals surface area contributed by atoms with E-state index in [9.17, 15) is 4.79 Å². The monoisotopic (exact) mass is 306 g/mol. The van der Waals surface area contributed by atoms with Gasteiger partial charge in [0.1, 0.15) is 0 Å². The predicted octanol–water partition coefficient (Wildman–Crippen LogP) is 1.84. The average molecular weight is 306 g/mol. The molecule has 4 heteroatoms. The Morgan fingerprint density at radius 2 is 2.00 bits per heavy atom. The lowest BCUT2D eigenvalue weighted by atomic mass is 9.92. The summed E-state index contributed by atoms with van der Waals surface area (Å²) in [5.41, 5.74) is 0.548. The van der Waals surface area contributed by atoms with Crippen molar-refractivity contribution in [2.75, 3.05) is 33.4 Å². The van der Waals surface area contributed by atoms with Crippen molar-refractivity contribution in [1.82, 2.24) is 0 Å². The smallest absolute Gasteiger partial charge is 0.171 e. The summed E-state index contributed by atoms with van der Waals surface area (Å²) < 4.78 is 11.1. The third-order valence-electron chi connectivity index (χ3n) is 4.36. The fourth-order valence-electron chi connectivity index (χ4n) is 3.56. The number of likely N-dealkylation sites (tertiary alicyclic amines) is 1. The van der Waals surface area contributed by atoms with Crippen molar-refractivity contribution in [1.29, 1.82) is 0 Å². The minimum atomic E-state index is 0.548. The van der Waals surface area contributed by atoms with Gasteiger partial charge in [0.2, 0.25) is 0 Å². The molecule has 0 radical (unpaired) electrons. The lowest BCUT2D eigenvalue weighted by Gasteiger charge is -2.32. The van der Waals surface area contributed by atoms with Crippen LogP contribution in [0.1, 0.15) is 37.0 Å². The van der Waals surface area contributed by atoms with Crippen LogP contribution in [0.3, 0.4) is 0 Å². The number of hydrogen-bond donors (Lipinski definition) is 1. The van der Waals surface area contributed by atoms with E-state index in [2.05, 4.69) is 13.8 Å². The standard InChI is InChI=1S/C18H27NO3/c1-14-10-15(2)12-19(11-14)8-5-9-22-18-16(13-20)6-4-7-17(18)21-3/h4,6-7,13-15H,5,8-12H2,1-3H3/p+1/t14-,15+. The third-order valence-corrected chi connectivity index (χ3v) is 4.36. The Morgan fingerprint density at radius 1 is 1.27 bits per heavy atom. The lowest BCUT2D eigenvalue weighted by molar-refractivity contribution is -0.912. The Hall–Kier alpha value is -1.55. The molecular formula is C18H28NO3+. The largest absolute Gasteiger partial charge is 0.493 e. The SMILES string of the molecule is COc1cccc(C=O)c1OCCC[NH+]1C[C@H](C)C[C@H](C)C1. The number of carbonyl (C=O) groups excluding carboxylic acids is 1. The van der Waals surface area contributed by atoms with Crippen LogP contribution in [-0.4, -0.2) is 39.6 Å². The summed E-state index contributed by atoms with van der Waals surface area (Å²) in [6.45, 7) is 8.96. The first kappa shape index (κ1) is 16.8. The van der Waals surface area contributed by atoms with Crippen molar-refractivity contribution in [2.45, 2.75) is 26.7 Å². The van der Waals surface area contributed by atoms with Gasteiger partial charge in [0.05, 0.1) is 38.9 Å². The molecule has 0 aliphatic carbocycles. The number of rotatable bonds is 7. The van der Waals surface area contributed by atoms with Gasteiger partial charge in [-0.1, -0.05) is 19.9 Å². The van der Waals surface area contributed by atoms with Gasteiger partial charge in [-0.05, 0) is 18.6 Å². The molecule has 1 aromatic carbocycles. The van der Waals surface area contributed by atoms with Crippen LogP contribution in [-0.2, 0) is 0 Å². The molecule has 122 valence electrons. The zero-order chi connectivity index (χ0) is 15.9. The van der Waals surface area contributed by atoms with Gasteiger partial charge >= 0.3 is 0 Å². The highest BCUT2D eigenvalue weighted by molar-refractivity contribution is 5.81. The molecule has 1 aromatic rings. The van der Waals surface area contributed by atoms with Crippen LogP contribution in [0.15, 0.2) is 18.2 Å². The minimum absolute atomic E-state index is 0.548. The number of methoxy groups -OCH3 is 1. The molecule has 4 nitrogen and oxygen atoms in total. The molecule has 1 N–H and O–H groups in total. The van der Waals surface area contributed by atoms with Crippen LogP contribution in [0, 0.1) is 11.8 Å². The van der Waals surface area contributed by atoms with E-state index < -0.39 is 0 Å². The van der Waals surface area contributed by atoms with Crippen LogP contribution in [0.2, 0.25) is 0 Å². The molecule has 2 rings (SSSR count). The molecule has 1 saturated heterocycles. The Kier molecular flexibility index (Phi) is 6.25. The summed E-state index contributed by atoms with van der Waals surface area (Å²) >= 11 is 0. The van der Waals surface area contributed by atoms with Gasteiger partial charge in [0, 0.05) is 18.3 Å². The number of aldehydes is 1. The summed E-state index contributed by atoms with van der Waals surface area (Å²) in [5.74, 6) is 2.82. The van der Waals surface area contributed by atoms with Crippen molar-refractivity contribution in [3.05, 3.63) is 23.8 Å². The van der Waals surface area contributed by atoms with Gasteiger partial charge in [-0.2, -0.15) is 0 Å². The summed E-state index contributed by atoms with van der Waals surface area (Å²) in [6, 6.07) is 5.38. The van der Waals surface area contributed by atoms with Gasteiger partial charge in [-0.15, -0.1) is 0 Å². The normalized spacial score (nSPS) is 24.8. The van der Waals surface area contributed by atoms with E-state index in [0.717, 1.165) is 31.1 Å². The second-order valence-corrected chi connectivity index (χ2v) is 6.55. The topological polar surface area (TPSA) is 40.0 Å². The first-order valence-electron chi connectivity index (χ1n) is 8.22. The highest BCUT2D eigenvalue weighted by Gasteiger charge is 2.24. The summed E-state index contributed by atoms with van der Waals surface area (Å²) in [4.78, 5) is 12.8. The van der Waals surface area contributed by atoms with E-state index in [0.29, 0.717) is 23.7 Å². The van der Waals surface area contributed by atoms with Crippen molar-refractivity contribution in [3.63, 3.8) is 0 Å². The molecule has 0 aromatic heterocycles. The number of carbonyl (C=O) groups is 1. The highest BCUT2D eigenvalue weighted by Crippen LogP contribution is 2.29. The van der Waals surface area contributed by atoms with Gasteiger partial charge in [0.15, 0.2) is 17.8 Å². The Bertz CT molecular complexity index is 479. The molecular weight excluding hydrogens is 278 g/mol. The van der Waals surface area contributed by atoms with Gasteiger partial charge in [-0.3, -0.25) is 4.79 Å².